The summed E-state index contributed by atoms with van der Waals surface area (Å²) in [6.07, 6.45) is 7.84. The average molecular weight is 303 g/mol. The molecule has 1 fully saturated rings. The second kappa shape index (κ2) is 7.47. The quantitative estimate of drug-likeness (QED) is 0.699. The third-order valence-electron chi connectivity index (χ3n) is 4.20. The van der Waals surface area contributed by atoms with E-state index in [9.17, 15) is 5.11 Å². The Morgan fingerprint density at radius 2 is 2.00 bits per heavy atom. The first-order valence-corrected chi connectivity index (χ1v) is 8.12. The molecule has 1 aromatic rings. The van der Waals surface area contributed by atoms with Crippen molar-refractivity contribution in [3.63, 3.8) is 0 Å². The maximum Gasteiger partial charge on any atom is 0.154 e. The molecule has 22 heavy (non-hydrogen) atoms. The molecule has 6 nitrogen and oxygen atoms in total. The lowest BCUT2D eigenvalue weighted by atomic mass is 10.1. The van der Waals surface area contributed by atoms with Crippen molar-refractivity contribution >= 4 is 5.71 Å². The second-order valence-corrected chi connectivity index (χ2v) is 5.81. The number of aryl methyl sites for hydroxylation is 1. The van der Waals surface area contributed by atoms with Crippen molar-refractivity contribution in [2.75, 3.05) is 32.8 Å². The van der Waals surface area contributed by atoms with E-state index in [0.29, 0.717) is 12.4 Å². The standard InChI is InChI=1S/C16H25N5O/c22-16-12-21(20-10-8-17-9-11-20)13-19-15(16)6-2-1-4-14-5-3-7-18-14/h3,5,7,12,17-18,22H,1-2,4,6,8-11,13H2. The molecule has 0 bridgehead atoms. The van der Waals surface area contributed by atoms with Gasteiger partial charge >= 0.3 is 0 Å². The number of hydrogen-bond acceptors (Lipinski definition) is 5. The smallest absolute Gasteiger partial charge is 0.154 e. The monoisotopic (exact) mass is 303 g/mol. The third kappa shape index (κ3) is 3.90. The SMILES string of the molecule is OC1=CN(N2CCNCC2)CN=C1CCCCc1ccc[nH]1. The van der Waals surface area contributed by atoms with Gasteiger partial charge in [-0.25, -0.2) is 5.01 Å². The molecule has 0 saturated carbocycles. The molecule has 3 N–H and O–H groups in total. The molecule has 1 aromatic heterocycles. The molecule has 120 valence electrons. The average Bonchev–Trinajstić information content (AvgIpc) is 3.07. The molecule has 0 radical (unpaired) electrons. The summed E-state index contributed by atoms with van der Waals surface area (Å²) in [5, 5.41) is 17.8. The maximum atomic E-state index is 10.2. The normalized spacial score (nSPS) is 19.9. The van der Waals surface area contributed by atoms with Crippen LogP contribution in [-0.4, -0.2) is 58.7 Å². The van der Waals surface area contributed by atoms with E-state index in [1.165, 1.54) is 5.69 Å². The highest BCUT2D eigenvalue weighted by Gasteiger charge is 2.20. The number of aromatic amines is 1. The van der Waals surface area contributed by atoms with Crippen molar-refractivity contribution in [1.29, 1.82) is 0 Å². The predicted octanol–water partition coefficient (Wildman–Crippen LogP) is 1.66. The number of piperazine rings is 1. The van der Waals surface area contributed by atoms with Gasteiger partial charge < -0.3 is 15.4 Å². The van der Waals surface area contributed by atoms with Crippen LogP contribution in [0.5, 0.6) is 0 Å². The van der Waals surface area contributed by atoms with E-state index in [-0.39, 0.29) is 0 Å². The zero-order chi connectivity index (χ0) is 15.2. The van der Waals surface area contributed by atoms with Crippen LogP contribution < -0.4 is 5.32 Å². The first kappa shape index (κ1) is 15.1. The molecule has 3 heterocycles. The Morgan fingerprint density at radius 3 is 2.73 bits per heavy atom. The summed E-state index contributed by atoms with van der Waals surface area (Å²) in [5.41, 5.74) is 2.12. The molecular weight excluding hydrogens is 278 g/mol. The number of aliphatic hydroxyl groups excluding tert-OH is 1. The number of nitrogens with zero attached hydrogens (tertiary/aromatic N) is 3. The summed E-state index contributed by atoms with van der Waals surface area (Å²) in [4.78, 5) is 7.77. The number of unbranched alkanes of at least 4 members (excludes halogenated alkanes) is 1. The van der Waals surface area contributed by atoms with Crippen LogP contribution in [0.15, 0.2) is 35.3 Å². The van der Waals surface area contributed by atoms with Gasteiger partial charge in [-0.05, 0) is 37.8 Å². The summed E-state index contributed by atoms with van der Waals surface area (Å²) < 4.78 is 0. The van der Waals surface area contributed by atoms with Crippen LogP contribution in [0, 0.1) is 0 Å². The molecule has 0 unspecified atom stereocenters. The van der Waals surface area contributed by atoms with Crippen LogP contribution in [0.2, 0.25) is 0 Å². The van der Waals surface area contributed by atoms with Crippen molar-refractivity contribution in [2.45, 2.75) is 25.7 Å². The van der Waals surface area contributed by atoms with Gasteiger partial charge in [0, 0.05) is 38.1 Å². The largest absolute Gasteiger partial charge is 0.505 e. The highest BCUT2D eigenvalue weighted by Crippen LogP contribution is 2.14. The van der Waals surface area contributed by atoms with Crippen molar-refractivity contribution in [3.8, 4) is 0 Å². The number of aliphatic hydroxyl groups is 1. The summed E-state index contributed by atoms with van der Waals surface area (Å²) >= 11 is 0. The zero-order valence-electron chi connectivity index (χ0n) is 13.0. The van der Waals surface area contributed by atoms with Crippen LogP contribution >= 0.6 is 0 Å². The minimum Gasteiger partial charge on any atom is -0.505 e. The molecule has 3 rings (SSSR count). The molecule has 0 atom stereocenters. The van der Waals surface area contributed by atoms with Gasteiger partial charge in [0.2, 0.25) is 0 Å². The van der Waals surface area contributed by atoms with Crippen LogP contribution in [0.3, 0.4) is 0 Å². The Kier molecular flexibility index (Phi) is 5.13. The first-order chi connectivity index (χ1) is 10.8. The number of rotatable bonds is 6. The fraction of sp³-hybridized carbons (Fsp3) is 0.562. The highest BCUT2D eigenvalue weighted by molar-refractivity contribution is 5.98. The third-order valence-corrected chi connectivity index (χ3v) is 4.20. The van der Waals surface area contributed by atoms with E-state index in [4.69, 9.17) is 0 Å². The molecule has 0 aliphatic carbocycles. The first-order valence-electron chi connectivity index (χ1n) is 8.12. The lowest BCUT2D eigenvalue weighted by Crippen LogP contribution is -2.51. The van der Waals surface area contributed by atoms with Gasteiger partial charge in [0.25, 0.3) is 0 Å². The lowest BCUT2D eigenvalue weighted by molar-refractivity contribution is 0.00863. The molecular formula is C16H25N5O. The van der Waals surface area contributed by atoms with Crippen molar-refractivity contribution in [2.24, 2.45) is 4.99 Å². The molecule has 0 amide bonds. The summed E-state index contributed by atoms with van der Waals surface area (Å²) in [5.74, 6) is 0.324. The Balaban J connectivity index is 1.43. The predicted molar refractivity (Wildman–Crippen MR) is 87.6 cm³/mol. The van der Waals surface area contributed by atoms with Gasteiger partial charge in [-0.3, -0.25) is 10.0 Å². The van der Waals surface area contributed by atoms with Gasteiger partial charge in [0.1, 0.15) is 6.67 Å². The Hall–Kier alpha value is -1.79. The lowest BCUT2D eigenvalue weighted by Gasteiger charge is -2.37. The molecule has 2 aliphatic heterocycles. The molecule has 2 aliphatic rings. The second-order valence-electron chi connectivity index (χ2n) is 5.81. The number of nitrogens with one attached hydrogen (secondary N) is 2. The number of hydrazine groups is 1. The number of allylic oxidation sites excluding steroid dienone is 1. The van der Waals surface area contributed by atoms with Crippen molar-refractivity contribution in [3.05, 3.63) is 36.0 Å². The van der Waals surface area contributed by atoms with Gasteiger partial charge in [-0.15, -0.1) is 0 Å². The summed E-state index contributed by atoms with van der Waals surface area (Å²) in [6, 6.07) is 4.14. The van der Waals surface area contributed by atoms with Gasteiger partial charge in [0.05, 0.1) is 11.9 Å². The Bertz CT molecular complexity index is 517. The van der Waals surface area contributed by atoms with Gasteiger partial charge in [0.15, 0.2) is 5.76 Å². The number of aromatic nitrogens is 1. The fourth-order valence-electron chi connectivity index (χ4n) is 2.91. The van der Waals surface area contributed by atoms with Crippen LogP contribution in [-0.2, 0) is 6.42 Å². The topological polar surface area (TPSA) is 66.9 Å². The zero-order valence-corrected chi connectivity index (χ0v) is 13.0. The highest BCUT2D eigenvalue weighted by atomic mass is 16.3. The van der Waals surface area contributed by atoms with E-state index >= 15 is 0 Å². The fourth-order valence-corrected chi connectivity index (χ4v) is 2.91. The minimum atomic E-state index is 0.324. The molecule has 0 spiro atoms. The van der Waals surface area contributed by atoms with E-state index in [1.54, 1.807) is 0 Å². The van der Waals surface area contributed by atoms with E-state index in [2.05, 4.69) is 26.4 Å². The van der Waals surface area contributed by atoms with Crippen LogP contribution in [0.4, 0.5) is 0 Å². The number of H-pyrrole nitrogens is 1. The van der Waals surface area contributed by atoms with E-state index in [0.717, 1.165) is 57.6 Å². The van der Waals surface area contributed by atoms with Crippen molar-refractivity contribution < 1.29 is 5.11 Å². The maximum absolute atomic E-state index is 10.2. The van der Waals surface area contributed by atoms with Crippen molar-refractivity contribution in [1.82, 2.24) is 20.3 Å². The van der Waals surface area contributed by atoms with E-state index in [1.807, 2.05) is 23.5 Å². The molecule has 6 heteroatoms. The summed E-state index contributed by atoms with van der Waals surface area (Å²) in [6.45, 7) is 4.52. The minimum absolute atomic E-state index is 0.324. The van der Waals surface area contributed by atoms with E-state index < -0.39 is 0 Å². The Labute approximate surface area is 131 Å². The van der Waals surface area contributed by atoms with Crippen LogP contribution in [0.25, 0.3) is 0 Å². The Morgan fingerprint density at radius 1 is 1.18 bits per heavy atom. The molecule has 0 aromatic carbocycles. The van der Waals surface area contributed by atoms with Gasteiger partial charge in [-0.1, -0.05) is 0 Å². The molecule has 1 saturated heterocycles. The van der Waals surface area contributed by atoms with Crippen LogP contribution in [0.1, 0.15) is 25.0 Å². The number of hydrogen-bond donors (Lipinski definition) is 3. The summed E-state index contributed by atoms with van der Waals surface area (Å²) in [7, 11) is 0. The number of aliphatic imine (C=N–C) groups is 1. The van der Waals surface area contributed by atoms with Gasteiger partial charge in [-0.2, -0.15) is 0 Å².